The van der Waals surface area contributed by atoms with Crippen molar-refractivity contribution in [3.8, 4) is 0 Å². The summed E-state index contributed by atoms with van der Waals surface area (Å²) in [4.78, 5) is 24.8. The number of carbonyl (C=O) groups excluding carboxylic acids is 2. The standard InChI is InChI=1S/C24H44O4/c1-6-8-10-12-14-16-18-27-23(25)21(5)22(20(3)4)24(26)28-19-17-15-13-11-9-7-2/h20H,6-19H2,1-5H3. The molecule has 28 heavy (non-hydrogen) atoms. The summed E-state index contributed by atoms with van der Waals surface area (Å²) in [6.45, 7) is 10.7. The molecule has 0 aliphatic carbocycles. The van der Waals surface area contributed by atoms with E-state index in [4.69, 9.17) is 9.47 Å². The molecular weight excluding hydrogens is 352 g/mol. The van der Waals surface area contributed by atoms with E-state index in [-0.39, 0.29) is 11.9 Å². The highest BCUT2D eigenvalue weighted by molar-refractivity contribution is 6.00. The molecule has 0 radical (unpaired) electrons. The lowest BCUT2D eigenvalue weighted by atomic mass is 9.98. The van der Waals surface area contributed by atoms with Gasteiger partial charge in [0.05, 0.1) is 13.2 Å². The van der Waals surface area contributed by atoms with E-state index in [9.17, 15) is 9.59 Å². The summed E-state index contributed by atoms with van der Waals surface area (Å²) < 4.78 is 10.8. The molecule has 0 aromatic rings. The van der Waals surface area contributed by atoms with Gasteiger partial charge in [0.25, 0.3) is 0 Å². The van der Waals surface area contributed by atoms with Crippen LogP contribution in [-0.2, 0) is 19.1 Å². The Kier molecular flexibility index (Phi) is 16.9. The number of hydrogen-bond donors (Lipinski definition) is 0. The number of rotatable bonds is 17. The third kappa shape index (κ3) is 13.0. The minimum Gasteiger partial charge on any atom is -0.462 e. The minimum absolute atomic E-state index is 0.0707. The highest BCUT2D eigenvalue weighted by atomic mass is 16.5. The molecule has 0 aromatic carbocycles. The van der Waals surface area contributed by atoms with Crippen molar-refractivity contribution >= 4 is 11.9 Å². The van der Waals surface area contributed by atoms with Crippen LogP contribution in [0.3, 0.4) is 0 Å². The molecule has 0 fully saturated rings. The van der Waals surface area contributed by atoms with Crippen LogP contribution in [-0.4, -0.2) is 25.2 Å². The molecule has 0 unspecified atom stereocenters. The van der Waals surface area contributed by atoms with E-state index in [0.29, 0.717) is 24.4 Å². The summed E-state index contributed by atoms with van der Waals surface area (Å²) in [5.41, 5.74) is 0.827. The Morgan fingerprint density at radius 1 is 0.643 bits per heavy atom. The zero-order chi connectivity index (χ0) is 21.2. The number of ether oxygens (including phenoxy) is 2. The van der Waals surface area contributed by atoms with Crippen molar-refractivity contribution in [2.75, 3.05) is 13.2 Å². The first-order valence-corrected chi connectivity index (χ1v) is 11.5. The molecule has 4 heteroatoms. The van der Waals surface area contributed by atoms with Crippen LogP contribution in [0.4, 0.5) is 0 Å². The first-order valence-electron chi connectivity index (χ1n) is 11.5. The van der Waals surface area contributed by atoms with Crippen LogP contribution in [0.5, 0.6) is 0 Å². The Morgan fingerprint density at radius 3 is 1.46 bits per heavy atom. The monoisotopic (exact) mass is 396 g/mol. The maximum absolute atomic E-state index is 12.5. The van der Waals surface area contributed by atoms with Gasteiger partial charge in [-0.1, -0.05) is 91.9 Å². The molecule has 0 aromatic heterocycles. The van der Waals surface area contributed by atoms with Crippen molar-refractivity contribution in [3.05, 3.63) is 11.1 Å². The summed E-state index contributed by atoms with van der Waals surface area (Å²) in [6.07, 6.45) is 13.7. The maximum Gasteiger partial charge on any atom is 0.334 e. The van der Waals surface area contributed by atoms with Crippen LogP contribution in [0.2, 0.25) is 0 Å². The SMILES string of the molecule is CCCCCCCCOC(=O)C(C)=C(C(=O)OCCCCCCCC)C(C)C. The van der Waals surface area contributed by atoms with Crippen LogP contribution >= 0.6 is 0 Å². The second-order valence-electron chi connectivity index (χ2n) is 8.00. The molecule has 0 spiro atoms. The van der Waals surface area contributed by atoms with Gasteiger partial charge in [0.2, 0.25) is 0 Å². The molecule has 0 bridgehead atoms. The smallest absolute Gasteiger partial charge is 0.334 e. The van der Waals surface area contributed by atoms with Crippen molar-refractivity contribution in [2.24, 2.45) is 5.92 Å². The number of hydrogen-bond acceptors (Lipinski definition) is 4. The normalized spacial score (nSPS) is 12.1. The third-order valence-corrected chi connectivity index (χ3v) is 4.97. The number of esters is 2. The Bertz CT molecular complexity index is 452. The van der Waals surface area contributed by atoms with Gasteiger partial charge in [-0.05, 0) is 25.7 Å². The van der Waals surface area contributed by atoms with E-state index >= 15 is 0 Å². The first kappa shape index (κ1) is 26.7. The molecule has 0 aliphatic heterocycles. The Morgan fingerprint density at radius 2 is 1.04 bits per heavy atom. The van der Waals surface area contributed by atoms with E-state index in [1.807, 2.05) is 13.8 Å². The van der Waals surface area contributed by atoms with Crippen LogP contribution < -0.4 is 0 Å². The first-order chi connectivity index (χ1) is 13.5. The highest BCUT2D eigenvalue weighted by Gasteiger charge is 2.22. The van der Waals surface area contributed by atoms with Gasteiger partial charge < -0.3 is 9.47 Å². The summed E-state index contributed by atoms with van der Waals surface area (Å²) in [5.74, 6) is -0.843. The van der Waals surface area contributed by atoms with Gasteiger partial charge in [-0.2, -0.15) is 0 Å². The summed E-state index contributed by atoms with van der Waals surface area (Å²) in [7, 11) is 0. The fraction of sp³-hybridized carbons (Fsp3) is 0.833. The zero-order valence-corrected chi connectivity index (χ0v) is 19.1. The highest BCUT2D eigenvalue weighted by Crippen LogP contribution is 2.19. The van der Waals surface area contributed by atoms with Gasteiger partial charge in [0.1, 0.15) is 0 Å². The van der Waals surface area contributed by atoms with Crippen LogP contribution in [0.25, 0.3) is 0 Å². The molecule has 4 nitrogen and oxygen atoms in total. The molecule has 0 saturated heterocycles. The van der Waals surface area contributed by atoms with Gasteiger partial charge >= 0.3 is 11.9 Å². The molecule has 0 rings (SSSR count). The lowest BCUT2D eigenvalue weighted by Gasteiger charge is -2.15. The number of unbranched alkanes of at least 4 members (excludes halogenated alkanes) is 10. The molecular formula is C24H44O4. The average molecular weight is 397 g/mol. The second-order valence-corrected chi connectivity index (χ2v) is 8.00. The molecule has 0 atom stereocenters. The molecule has 0 saturated carbocycles. The van der Waals surface area contributed by atoms with E-state index in [2.05, 4.69) is 13.8 Å². The molecule has 0 amide bonds. The maximum atomic E-state index is 12.5. The molecule has 0 heterocycles. The van der Waals surface area contributed by atoms with Crippen molar-refractivity contribution in [1.82, 2.24) is 0 Å². The van der Waals surface area contributed by atoms with E-state index in [0.717, 1.165) is 25.7 Å². The zero-order valence-electron chi connectivity index (χ0n) is 19.1. The van der Waals surface area contributed by atoms with E-state index in [1.54, 1.807) is 6.92 Å². The minimum atomic E-state index is -0.395. The number of carbonyl (C=O) groups is 2. The largest absolute Gasteiger partial charge is 0.462 e. The van der Waals surface area contributed by atoms with Gasteiger partial charge in [-0.15, -0.1) is 0 Å². The predicted octanol–water partition coefficient (Wildman–Crippen LogP) is 6.77. The topological polar surface area (TPSA) is 52.6 Å². The van der Waals surface area contributed by atoms with E-state index in [1.165, 1.54) is 51.4 Å². The summed E-state index contributed by atoms with van der Waals surface area (Å²) in [6, 6.07) is 0. The fourth-order valence-corrected chi connectivity index (χ4v) is 3.21. The summed E-state index contributed by atoms with van der Waals surface area (Å²) >= 11 is 0. The lowest BCUT2D eigenvalue weighted by Crippen LogP contribution is -2.19. The van der Waals surface area contributed by atoms with Gasteiger partial charge in [0.15, 0.2) is 0 Å². The van der Waals surface area contributed by atoms with E-state index < -0.39 is 5.97 Å². The lowest BCUT2D eigenvalue weighted by molar-refractivity contribution is -0.142. The van der Waals surface area contributed by atoms with Gasteiger partial charge in [-0.25, -0.2) is 9.59 Å². The van der Waals surface area contributed by atoms with Crippen LogP contribution in [0, 0.1) is 5.92 Å². The molecule has 164 valence electrons. The summed E-state index contributed by atoms with van der Waals surface area (Å²) in [5, 5.41) is 0. The quantitative estimate of drug-likeness (QED) is 0.155. The van der Waals surface area contributed by atoms with Gasteiger partial charge in [0, 0.05) is 11.1 Å². The fourth-order valence-electron chi connectivity index (χ4n) is 3.21. The van der Waals surface area contributed by atoms with Crippen molar-refractivity contribution < 1.29 is 19.1 Å². The third-order valence-electron chi connectivity index (χ3n) is 4.97. The Hall–Kier alpha value is -1.32. The van der Waals surface area contributed by atoms with Crippen LogP contribution in [0.15, 0.2) is 11.1 Å². The van der Waals surface area contributed by atoms with Gasteiger partial charge in [-0.3, -0.25) is 0 Å². The van der Waals surface area contributed by atoms with Crippen molar-refractivity contribution in [1.29, 1.82) is 0 Å². The van der Waals surface area contributed by atoms with Crippen molar-refractivity contribution in [2.45, 2.75) is 112 Å². The van der Waals surface area contributed by atoms with Crippen LogP contribution in [0.1, 0.15) is 112 Å². The molecule has 0 N–H and O–H groups in total. The predicted molar refractivity (Wildman–Crippen MR) is 116 cm³/mol. The Balaban J connectivity index is 4.33. The van der Waals surface area contributed by atoms with Crippen molar-refractivity contribution in [3.63, 3.8) is 0 Å². The average Bonchev–Trinajstić information content (AvgIpc) is 2.66. The molecule has 0 aliphatic rings. The Labute approximate surface area is 173 Å². The second kappa shape index (κ2) is 17.8.